The smallest absolute Gasteiger partial charge is 0.254 e. The quantitative estimate of drug-likeness (QED) is 0.650. The zero-order valence-electron chi connectivity index (χ0n) is 12.3. The molecule has 2 heterocycles. The lowest BCUT2D eigenvalue weighted by molar-refractivity contribution is -0.116. The Balaban J connectivity index is 1.88. The van der Waals surface area contributed by atoms with Crippen LogP contribution in [0.5, 0.6) is 0 Å². The third-order valence-electron chi connectivity index (χ3n) is 3.62. The number of fused-ring (bicyclic) bond motifs is 1. The van der Waals surface area contributed by atoms with Crippen molar-refractivity contribution < 1.29 is 9.59 Å². The molecule has 0 saturated heterocycles. The molecule has 0 saturated carbocycles. The highest BCUT2D eigenvalue weighted by Crippen LogP contribution is 2.30. The van der Waals surface area contributed by atoms with E-state index in [9.17, 15) is 9.59 Å². The van der Waals surface area contributed by atoms with E-state index in [0.717, 1.165) is 21.1 Å². The number of anilines is 1. The van der Waals surface area contributed by atoms with Crippen LogP contribution in [0, 0.1) is 6.92 Å². The standard InChI is InChI=1S/C15H14BrN5O2/c1-8-13(16)9-4-2-3-5-11(9)21(8)7-12(22)19-15-10(14(17)23)6-18-20-15/h2-6H,7H2,1H3,(H2,17,23)(H2,18,19,20,22). The Bertz CT molecular complexity index is 912. The summed E-state index contributed by atoms with van der Waals surface area (Å²) in [4.78, 5) is 23.6. The first-order valence-corrected chi connectivity index (χ1v) is 7.64. The Morgan fingerprint density at radius 1 is 1.39 bits per heavy atom. The number of amides is 2. The maximum atomic E-state index is 12.3. The molecule has 3 rings (SSSR count). The van der Waals surface area contributed by atoms with E-state index in [1.54, 1.807) is 0 Å². The lowest BCUT2D eigenvalue weighted by atomic mass is 10.2. The lowest BCUT2D eigenvalue weighted by Crippen LogP contribution is -2.22. The number of nitrogens with one attached hydrogen (secondary N) is 2. The number of halogens is 1. The fraction of sp³-hybridized carbons (Fsp3) is 0.133. The van der Waals surface area contributed by atoms with E-state index in [0.29, 0.717) is 0 Å². The van der Waals surface area contributed by atoms with E-state index in [-0.39, 0.29) is 23.8 Å². The van der Waals surface area contributed by atoms with Crippen LogP contribution in [0.3, 0.4) is 0 Å². The molecule has 0 aliphatic carbocycles. The first-order chi connectivity index (χ1) is 11.0. The molecule has 0 spiro atoms. The first-order valence-electron chi connectivity index (χ1n) is 6.85. The summed E-state index contributed by atoms with van der Waals surface area (Å²) in [5.41, 5.74) is 7.27. The Morgan fingerprint density at radius 3 is 2.87 bits per heavy atom. The van der Waals surface area contributed by atoms with E-state index in [1.807, 2.05) is 35.8 Å². The molecule has 0 aliphatic heterocycles. The summed E-state index contributed by atoms with van der Waals surface area (Å²) in [5, 5.41) is 9.95. The van der Waals surface area contributed by atoms with Crippen LogP contribution < -0.4 is 11.1 Å². The molecule has 23 heavy (non-hydrogen) atoms. The van der Waals surface area contributed by atoms with Crippen molar-refractivity contribution in [2.45, 2.75) is 13.5 Å². The molecule has 0 bridgehead atoms. The summed E-state index contributed by atoms with van der Waals surface area (Å²) >= 11 is 3.55. The third-order valence-corrected chi connectivity index (χ3v) is 4.63. The Hall–Kier alpha value is -2.61. The minimum absolute atomic E-state index is 0.106. The second-order valence-corrected chi connectivity index (χ2v) is 5.87. The molecular weight excluding hydrogens is 362 g/mol. The van der Waals surface area contributed by atoms with Gasteiger partial charge in [-0.3, -0.25) is 14.7 Å². The highest BCUT2D eigenvalue weighted by atomic mass is 79.9. The van der Waals surface area contributed by atoms with Crippen molar-refractivity contribution in [3.05, 3.63) is 46.2 Å². The second kappa shape index (κ2) is 5.88. The van der Waals surface area contributed by atoms with Crippen LogP contribution in [0.2, 0.25) is 0 Å². The predicted molar refractivity (Wildman–Crippen MR) is 90.1 cm³/mol. The van der Waals surface area contributed by atoms with Gasteiger partial charge in [0.15, 0.2) is 0 Å². The molecule has 0 unspecified atom stereocenters. The van der Waals surface area contributed by atoms with Gasteiger partial charge in [0.05, 0.1) is 6.20 Å². The molecule has 2 aromatic heterocycles. The average Bonchev–Trinajstić information content (AvgIpc) is 3.07. The number of hydrogen-bond acceptors (Lipinski definition) is 3. The summed E-state index contributed by atoms with van der Waals surface area (Å²) in [6.07, 6.45) is 1.28. The van der Waals surface area contributed by atoms with Gasteiger partial charge in [-0.2, -0.15) is 5.10 Å². The maximum Gasteiger partial charge on any atom is 0.254 e. The molecule has 3 aromatic rings. The molecule has 0 atom stereocenters. The maximum absolute atomic E-state index is 12.3. The molecule has 2 amide bonds. The molecule has 1 aromatic carbocycles. The topological polar surface area (TPSA) is 106 Å². The zero-order chi connectivity index (χ0) is 16.6. The number of nitrogens with zero attached hydrogens (tertiary/aromatic N) is 2. The largest absolute Gasteiger partial charge is 0.365 e. The molecule has 8 heteroatoms. The van der Waals surface area contributed by atoms with Gasteiger partial charge in [-0.15, -0.1) is 0 Å². The molecular formula is C15H14BrN5O2. The van der Waals surface area contributed by atoms with Gasteiger partial charge in [-0.05, 0) is 28.9 Å². The minimum atomic E-state index is -0.653. The minimum Gasteiger partial charge on any atom is -0.365 e. The molecule has 4 N–H and O–H groups in total. The van der Waals surface area contributed by atoms with Gasteiger partial charge in [-0.25, -0.2) is 0 Å². The fourth-order valence-corrected chi connectivity index (χ4v) is 3.03. The van der Waals surface area contributed by atoms with E-state index >= 15 is 0 Å². The first kappa shape index (κ1) is 15.3. The summed E-state index contributed by atoms with van der Waals surface area (Å²) < 4.78 is 2.86. The summed E-state index contributed by atoms with van der Waals surface area (Å²) in [7, 11) is 0. The van der Waals surface area contributed by atoms with Crippen molar-refractivity contribution in [2.75, 3.05) is 5.32 Å². The average molecular weight is 376 g/mol. The van der Waals surface area contributed by atoms with Crippen molar-refractivity contribution in [2.24, 2.45) is 5.73 Å². The van der Waals surface area contributed by atoms with Crippen LogP contribution >= 0.6 is 15.9 Å². The Morgan fingerprint density at radius 2 is 2.13 bits per heavy atom. The zero-order valence-corrected chi connectivity index (χ0v) is 13.8. The van der Waals surface area contributed by atoms with Crippen LogP contribution in [0.1, 0.15) is 16.1 Å². The SMILES string of the molecule is Cc1c(Br)c2ccccc2n1CC(=O)Nc1[nH]ncc1C(N)=O. The number of aromatic amines is 1. The molecule has 0 radical (unpaired) electrons. The highest BCUT2D eigenvalue weighted by Gasteiger charge is 2.16. The van der Waals surface area contributed by atoms with Crippen LogP contribution in [-0.2, 0) is 11.3 Å². The van der Waals surface area contributed by atoms with Crippen molar-refractivity contribution >= 4 is 44.5 Å². The number of carbonyl (C=O) groups is 2. The Kier molecular flexibility index (Phi) is 3.91. The molecule has 0 aliphatic rings. The van der Waals surface area contributed by atoms with Gasteiger partial charge < -0.3 is 15.6 Å². The number of benzene rings is 1. The van der Waals surface area contributed by atoms with Crippen LogP contribution in [0.4, 0.5) is 5.82 Å². The fourth-order valence-electron chi connectivity index (χ4n) is 2.48. The van der Waals surface area contributed by atoms with Crippen LogP contribution in [0.15, 0.2) is 34.9 Å². The number of nitrogens with two attached hydrogens (primary N) is 1. The van der Waals surface area contributed by atoms with Gasteiger partial charge in [0.25, 0.3) is 5.91 Å². The normalized spacial score (nSPS) is 10.9. The van der Waals surface area contributed by atoms with Crippen molar-refractivity contribution in [3.8, 4) is 0 Å². The number of H-pyrrole nitrogens is 1. The highest BCUT2D eigenvalue weighted by molar-refractivity contribution is 9.10. The summed E-state index contributed by atoms with van der Waals surface area (Å²) in [6, 6.07) is 7.80. The monoisotopic (exact) mass is 375 g/mol. The number of rotatable bonds is 4. The van der Waals surface area contributed by atoms with E-state index in [4.69, 9.17) is 5.73 Å². The van der Waals surface area contributed by atoms with Crippen molar-refractivity contribution in [1.29, 1.82) is 0 Å². The number of primary amides is 1. The molecule has 118 valence electrons. The summed E-state index contributed by atoms with van der Waals surface area (Å²) in [6.45, 7) is 2.04. The van der Waals surface area contributed by atoms with E-state index in [1.165, 1.54) is 6.20 Å². The van der Waals surface area contributed by atoms with Gasteiger partial charge in [-0.1, -0.05) is 18.2 Å². The lowest BCUT2D eigenvalue weighted by Gasteiger charge is -2.09. The number of aromatic nitrogens is 3. The summed E-state index contributed by atoms with van der Waals surface area (Å²) in [5.74, 6) is -0.733. The van der Waals surface area contributed by atoms with Crippen molar-refractivity contribution in [3.63, 3.8) is 0 Å². The predicted octanol–water partition coefficient (Wildman–Crippen LogP) is 2.17. The number of hydrogen-bond donors (Lipinski definition) is 3. The van der Waals surface area contributed by atoms with Gasteiger partial charge in [0, 0.05) is 21.1 Å². The van der Waals surface area contributed by atoms with Crippen molar-refractivity contribution in [1.82, 2.24) is 14.8 Å². The molecule has 0 fully saturated rings. The second-order valence-electron chi connectivity index (χ2n) is 5.07. The Labute approximate surface area is 140 Å². The van der Waals surface area contributed by atoms with E-state index in [2.05, 4.69) is 31.4 Å². The van der Waals surface area contributed by atoms with Crippen LogP contribution in [-0.4, -0.2) is 26.6 Å². The van der Waals surface area contributed by atoms with Gasteiger partial charge in [0.2, 0.25) is 5.91 Å². The molecule has 7 nitrogen and oxygen atoms in total. The van der Waals surface area contributed by atoms with Gasteiger partial charge >= 0.3 is 0 Å². The third kappa shape index (κ3) is 2.72. The number of carbonyl (C=O) groups excluding carboxylic acids is 2. The van der Waals surface area contributed by atoms with Crippen LogP contribution in [0.25, 0.3) is 10.9 Å². The number of para-hydroxylation sites is 1. The van der Waals surface area contributed by atoms with Gasteiger partial charge in [0.1, 0.15) is 17.9 Å². The van der Waals surface area contributed by atoms with E-state index < -0.39 is 5.91 Å².